The summed E-state index contributed by atoms with van der Waals surface area (Å²) in [7, 11) is 1.41. The van der Waals surface area contributed by atoms with E-state index < -0.39 is 18.1 Å². The van der Waals surface area contributed by atoms with E-state index in [4.69, 9.17) is 10.5 Å². The molecule has 1 heterocycles. The van der Waals surface area contributed by atoms with Crippen molar-refractivity contribution in [2.75, 3.05) is 33.3 Å². The van der Waals surface area contributed by atoms with E-state index in [1.165, 1.54) is 25.3 Å². The molecular formula is C16H19F4N3O2. The molecule has 138 valence electrons. The van der Waals surface area contributed by atoms with Crippen molar-refractivity contribution < 1.29 is 27.4 Å². The molecule has 0 unspecified atom stereocenters. The fraction of sp³-hybridized carbons (Fsp3) is 0.438. The van der Waals surface area contributed by atoms with Gasteiger partial charge in [0.25, 0.3) is 0 Å². The highest BCUT2D eigenvalue weighted by Crippen LogP contribution is 2.34. The number of allylic oxidation sites excluding steroid dienone is 1. The van der Waals surface area contributed by atoms with Crippen LogP contribution in [0.1, 0.15) is 5.56 Å². The maximum Gasteiger partial charge on any atom is 0.348 e. The zero-order chi connectivity index (χ0) is 18.6. The molecule has 1 aromatic rings. The van der Waals surface area contributed by atoms with Gasteiger partial charge in [0.05, 0.1) is 13.7 Å². The summed E-state index contributed by atoms with van der Waals surface area (Å²) in [5.41, 5.74) is 4.83. The Hall–Kier alpha value is -2.29. The maximum atomic E-state index is 13.8. The fourth-order valence-electron chi connectivity index (χ4n) is 2.47. The number of hydrogen-bond donors (Lipinski definition) is 2. The second kappa shape index (κ2) is 7.73. The number of aliphatic imine (C=N–C) groups is 1. The summed E-state index contributed by atoms with van der Waals surface area (Å²) in [6.45, 7) is 0.596. The average Bonchev–Trinajstić information content (AvgIpc) is 2.78. The molecule has 25 heavy (non-hydrogen) atoms. The highest BCUT2D eigenvalue weighted by atomic mass is 19.3. The summed E-state index contributed by atoms with van der Waals surface area (Å²) < 4.78 is 58.2. The molecule has 0 fully saturated rings. The number of alkyl halides is 4. The van der Waals surface area contributed by atoms with Crippen LogP contribution in [0.4, 0.5) is 17.6 Å². The molecule has 1 aliphatic rings. The molecule has 2 rings (SSSR count). The lowest BCUT2D eigenvalue weighted by molar-refractivity contribution is -0.0743. The van der Waals surface area contributed by atoms with Crippen LogP contribution >= 0.6 is 0 Å². The molecule has 0 aliphatic carbocycles. The minimum Gasteiger partial charge on any atom is -0.507 e. The van der Waals surface area contributed by atoms with Crippen LogP contribution in [-0.4, -0.2) is 61.4 Å². The van der Waals surface area contributed by atoms with Gasteiger partial charge < -0.3 is 20.5 Å². The number of phenolic OH excluding ortho intramolecular Hbond substituents is 1. The Morgan fingerprint density at radius 3 is 2.72 bits per heavy atom. The van der Waals surface area contributed by atoms with Crippen molar-refractivity contribution in [3.05, 3.63) is 29.8 Å². The molecule has 0 saturated heterocycles. The summed E-state index contributed by atoms with van der Waals surface area (Å²) in [5, 5.41) is 10.1. The Bertz CT molecular complexity index is 677. The molecule has 0 saturated carbocycles. The van der Waals surface area contributed by atoms with Gasteiger partial charge in [-0.2, -0.15) is 8.78 Å². The van der Waals surface area contributed by atoms with E-state index >= 15 is 0 Å². The van der Waals surface area contributed by atoms with Gasteiger partial charge in [0.1, 0.15) is 17.2 Å². The van der Waals surface area contributed by atoms with Gasteiger partial charge in [-0.25, -0.2) is 8.78 Å². The largest absolute Gasteiger partial charge is 0.507 e. The summed E-state index contributed by atoms with van der Waals surface area (Å²) in [6.07, 6.45) is -3.01. The third-order valence-electron chi connectivity index (χ3n) is 3.76. The van der Waals surface area contributed by atoms with Crippen LogP contribution in [0.15, 0.2) is 29.3 Å². The van der Waals surface area contributed by atoms with Gasteiger partial charge in [0.15, 0.2) is 0 Å². The first-order valence-corrected chi connectivity index (χ1v) is 7.56. The van der Waals surface area contributed by atoms with Crippen molar-refractivity contribution in [3.63, 3.8) is 0 Å². The zero-order valence-corrected chi connectivity index (χ0v) is 13.6. The van der Waals surface area contributed by atoms with Gasteiger partial charge in [-0.1, -0.05) is 0 Å². The molecule has 5 nitrogen and oxygen atoms in total. The van der Waals surface area contributed by atoms with Crippen molar-refractivity contribution in [2.24, 2.45) is 10.7 Å². The third kappa shape index (κ3) is 4.04. The lowest BCUT2D eigenvalue weighted by atomic mass is 10.1. The Balaban J connectivity index is 2.58. The number of rotatable bonds is 6. The first-order chi connectivity index (χ1) is 11.8. The normalized spacial score (nSPS) is 15.7. The van der Waals surface area contributed by atoms with Gasteiger partial charge in [-0.3, -0.25) is 4.99 Å². The van der Waals surface area contributed by atoms with Crippen LogP contribution in [-0.2, 0) is 0 Å². The van der Waals surface area contributed by atoms with Crippen LogP contribution in [0.25, 0.3) is 5.70 Å². The molecule has 0 spiro atoms. The molecule has 0 radical (unpaired) electrons. The maximum absolute atomic E-state index is 13.8. The van der Waals surface area contributed by atoms with Gasteiger partial charge in [0.2, 0.25) is 0 Å². The minimum absolute atomic E-state index is 0.0949. The van der Waals surface area contributed by atoms with E-state index in [-0.39, 0.29) is 43.2 Å². The Kier molecular flexibility index (Phi) is 5.89. The standard InChI is InChI=1S/C16H19F4N3O2/c1-25-10-2-3-13(24)11(8-10)12-9-14(16(19,20)15(17)18)22-5-7-23(12)6-4-21/h2-3,8-9,15,24H,4-7,21H2,1H3. The molecule has 0 amide bonds. The predicted octanol–water partition coefficient (Wildman–Crippen LogP) is 2.36. The summed E-state index contributed by atoms with van der Waals surface area (Å²) >= 11 is 0. The van der Waals surface area contributed by atoms with E-state index in [0.29, 0.717) is 5.75 Å². The van der Waals surface area contributed by atoms with Crippen LogP contribution in [0.2, 0.25) is 0 Å². The average molecular weight is 361 g/mol. The monoisotopic (exact) mass is 361 g/mol. The quantitative estimate of drug-likeness (QED) is 0.763. The fourth-order valence-corrected chi connectivity index (χ4v) is 2.47. The number of halogens is 4. The molecule has 3 N–H and O–H groups in total. The molecule has 0 atom stereocenters. The molecule has 0 bridgehead atoms. The van der Waals surface area contributed by atoms with E-state index in [0.717, 1.165) is 6.08 Å². The molecule has 1 aromatic carbocycles. The van der Waals surface area contributed by atoms with Crippen LogP contribution in [0.3, 0.4) is 0 Å². The summed E-state index contributed by atoms with van der Waals surface area (Å²) in [4.78, 5) is 5.23. The number of nitrogens with zero attached hydrogens (tertiary/aromatic N) is 2. The Labute approximate surface area is 142 Å². The lowest BCUT2D eigenvalue weighted by Gasteiger charge is -2.26. The number of benzene rings is 1. The van der Waals surface area contributed by atoms with E-state index in [9.17, 15) is 22.7 Å². The van der Waals surface area contributed by atoms with Gasteiger partial charge in [0, 0.05) is 30.9 Å². The van der Waals surface area contributed by atoms with Gasteiger partial charge >= 0.3 is 12.3 Å². The number of hydrogen-bond acceptors (Lipinski definition) is 5. The summed E-state index contributed by atoms with van der Waals surface area (Å²) in [6, 6.07) is 4.27. The highest BCUT2D eigenvalue weighted by Gasteiger charge is 2.46. The topological polar surface area (TPSA) is 71.1 Å². The van der Waals surface area contributed by atoms with Crippen molar-refractivity contribution in [1.29, 1.82) is 0 Å². The second-order valence-corrected chi connectivity index (χ2v) is 5.38. The molecular weight excluding hydrogens is 342 g/mol. The number of methoxy groups -OCH3 is 1. The second-order valence-electron chi connectivity index (χ2n) is 5.38. The third-order valence-corrected chi connectivity index (χ3v) is 3.76. The van der Waals surface area contributed by atoms with Crippen molar-refractivity contribution in [2.45, 2.75) is 12.3 Å². The van der Waals surface area contributed by atoms with Crippen LogP contribution in [0.5, 0.6) is 11.5 Å². The Morgan fingerprint density at radius 1 is 1.40 bits per heavy atom. The lowest BCUT2D eigenvalue weighted by Crippen LogP contribution is -2.35. The molecule has 0 aromatic heterocycles. The molecule has 9 heteroatoms. The smallest absolute Gasteiger partial charge is 0.348 e. The van der Waals surface area contributed by atoms with Crippen molar-refractivity contribution in [1.82, 2.24) is 4.90 Å². The molecule has 1 aliphatic heterocycles. The van der Waals surface area contributed by atoms with Gasteiger partial charge in [-0.05, 0) is 24.3 Å². The van der Waals surface area contributed by atoms with Gasteiger partial charge in [-0.15, -0.1) is 0 Å². The Morgan fingerprint density at radius 2 is 2.12 bits per heavy atom. The zero-order valence-electron chi connectivity index (χ0n) is 13.6. The number of nitrogens with two attached hydrogens (primary N) is 1. The number of ether oxygens (including phenoxy) is 1. The first kappa shape index (κ1) is 19.0. The predicted molar refractivity (Wildman–Crippen MR) is 86.5 cm³/mol. The first-order valence-electron chi connectivity index (χ1n) is 7.56. The van der Waals surface area contributed by atoms with Crippen LogP contribution in [0, 0.1) is 0 Å². The number of phenols is 1. The highest BCUT2D eigenvalue weighted by molar-refractivity contribution is 6.06. The van der Waals surface area contributed by atoms with E-state index in [2.05, 4.69) is 4.99 Å². The van der Waals surface area contributed by atoms with Crippen molar-refractivity contribution >= 4 is 11.4 Å². The van der Waals surface area contributed by atoms with Crippen LogP contribution < -0.4 is 10.5 Å². The van der Waals surface area contributed by atoms with Crippen molar-refractivity contribution in [3.8, 4) is 11.5 Å². The van der Waals surface area contributed by atoms with E-state index in [1.54, 1.807) is 4.90 Å². The minimum atomic E-state index is -4.39. The SMILES string of the molecule is COc1ccc(O)c(C2=CC(C(F)(F)C(F)F)=NCCN2CCN)c1. The van der Waals surface area contributed by atoms with E-state index in [1.807, 2.05) is 0 Å². The summed E-state index contributed by atoms with van der Waals surface area (Å²) in [5.74, 6) is -4.21. The number of aromatic hydroxyl groups is 1.